The molecule has 2 rings (SSSR count). The summed E-state index contributed by atoms with van der Waals surface area (Å²) < 4.78 is 0. The average molecular weight is 265 g/mol. The fraction of sp³-hybridized carbons (Fsp3) is 0.600. The number of fused-ring (bicyclic) bond motifs is 1. The number of aliphatic hydroxyl groups excluding tert-OH is 1. The number of hydrogen-bond acceptors (Lipinski definition) is 3. The first-order valence-corrected chi connectivity index (χ1v) is 7.72. The summed E-state index contributed by atoms with van der Waals surface area (Å²) in [6, 6.07) is 9.17. The molecule has 0 amide bonds. The van der Waals surface area contributed by atoms with Gasteiger partial charge in [0.25, 0.3) is 0 Å². The first-order valence-electron chi connectivity index (χ1n) is 6.77. The lowest BCUT2D eigenvalue weighted by molar-refractivity contribution is 0.299. The fourth-order valence-electron chi connectivity index (χ4n) is 2.76. The molecule has 0 saturated carbocycles. The van der Waals surface area contributed by atoms with Crippen molar-refractivity contribution < 1.29 is 5.11 Å². The van der Waals surface area contributed by atoms with Gasteiger partial charge in [-0.3, -0.25) is 0 Å². The molecule has 0 spiro atoms. The second-order valence-electron chi connectivity index (χ2n) is 5.03. The quantitative estimate of drug-likeness (QED) is 0.821. The molecule has 0 bridgehead atoms. The molecule has 3 heteroatoms. The summed E-state index contributed by atoms with van der Waals surface area (Å²) >= 11 is 1.92. The standard InChI is InChI=1S/C15H23NOS/c1-11(10-17)18-14-9-5-7-12-6-3-4-8-13(12)15(14)16-2/h3-4,6,8,11,14-17H,5,7,9-10H2,1-2H3. The minimum Gasteiger partial charge on any atom is -0.395 e. The van der Waals surface area contributed by atoms with Crippen LogP contribution in [0.3, 0.4) is 0 Å². The van der Waals surface area contributed by atoms with Crippen LogP contribution in [0, 0.1) is 0 Å². The summed E-state index contributed by atoms with van der Waals surface area (Å²) in [7, 11) is 2.05. The summed E-state index contributed by atoms with van der Waals surface area (Å²) in [4.78, 5) is 0. The van der Waals surface area contributed by atoms with Gasteiger partial charge >= 0.3 is 0 Å². The van der Waals surface area contributed by atoms with E-state index in [2.05, 4.69) is 36.5 Å². The second kappa shape index (κ2) is 6.60. The molecule has 1 aromatic rings. The van der Waals surface area contributed by atoms with Crippen LogP contribution in [0.4, 0.5) is 0 Å². The van der Waals surface area contributed by atoms with Crippen molar-refractivity contribution in [3.8, 4) is 0 Å². The maximum absolute atomic E-state index is 9.25. The van der Waals surface area contributed by atoms with Gasteiger partial charge in [0.05, 0.1) is 6.61 Å². The molecule has 1 aliphatic rings. The van der Waals surface area contributed by atoms with Crippen LogP contribution in [-0.2, 0) is 6.42 Å². The van der Waals surface area contributed by atoms with Gasteiger partial charge in [0.1, 0.15) is 0 Å². The maximum atomic E-state index is 9.25. The van der Waals surface area contributed by atoms with Crippen LogP contribution in [0.2, 0.25) is 0 Å². The molecule has 0 aliphatic heterocycles. The van der Waals surface area contributed by atoms with Crippen molar-refractivity contribution in [1.29, 1.82) is 0 Å². The third-order valence-electron chi connectivity index (χ3n) is 3.67. The second-order valence-corrected chi connectivity index (χ2v) is 6.71. The molecular weight excluding hydrogens is 242 g/mol. The van der Waals surface area contributed by atoms with Crippen molar-refractivity contribution in [2.75, 3.05) is 13.7 Å². The van der Waals surface area contributed by atoms with Gasteiger partial charge in [0.15, 0.2) is 0 Å². The van der Waals surface area contributed by atoms with Crippen LogP contribution < -0.4 is 5.32 Å². The number of thioether (sulfide) groups is 1. The Bertz CT molecular complexity index is 383. The van der Waals surface area contributed by atoms with E-state index in [1.54, 1.807) is 0 Å². The Morgan fingerprint density at radius 1 is 1.44 bits per heavy atom. The Morgan fingerprint density at radius 2 is 2.22 bits per heavy atom. The molecule has 0 aromatic heterocycles. The summed E-state index contributed by atoms with van der Waals surface area (Å²) in [6.45, 7) is 2.37. The van der Waals surface area contributed by atoms with Crippen LogP contribution in [0.15, 0.2) is 24.3 Å². The van der Waals surface area contributed by atoms with Crippen molar-refractivity contribution in [2.24, 2.45) is 0 Å². The smallest absolute Gasteiger partial charge is 0.0547 e. The molecule has 0 heterocycles. The fourth-order valence-corrected chi connectivity index (χ4v) is 4.18. The van der Waals surface area contributed by atoms with Gasteiger partial charge in [-0.05, 0) is 37.4 Å². The van der Waals surface area contributed by atoms with E-state index in [4.69, 9.17) is 0 Å². The lowest BCUT2D eigenvalue weighted by Crippen LogP contribution is -2.28. The number of aryl methyl sites for hydroxylation is 1. The predicted octanol–water partition coefficient (Wildman–Crippen LogP) is 2.77. The van der Waals surface area contributed by atoms with Crippen LogP contribution >= 0.6 is 11.8 Å². The Labute approximate surface area is 114 Å². The van der Waals surface area contributed by atoms with Crippen molar-refractivity contribution in [1.82, 2.24) is 5.32 Å². The highest BCUT2D eigenvalue weighted by Gasteiger charge is 2.27. The van der Waals surface area contributed by atoms with Crippen LogP contribution in [-0.4, -0.2) is 29.3 Å². The largest absolute Gasteiger partial charge is 0.395 e. The third-order valence-corrected chi connectivity index (χ3v) is 5.14. The molecule has 100 valence electrons. The van der Waals surface area contributed by atoms with Crippen molar-refractivity contribution >= 4 is 11.8 Å². The molecule has 0 fully saturated rings. The van der Waals surface area contributed by atoms with Crippen LogP contribution in [0.25, 0.3) is 0 Å². The minimum atomic E-state index is 0.263. The molecule has 2 N–H and O–H groups in total. The van der Waals surface area contributed by atoms with Gasteiger partial charge < -0.3 is 10.4 Å². The molecular formula is C15H23NOS. The van der Waals surface area contributed by atoms with E-state index < -0.39 is 0 Å². The SMILES string of the molecule is CNC1c2ccccc2CCCC1SC(C)CO. The number of rotatable bonds is 4. The number of aliphatic hydroxyl groups is 1. The average Bonchev–Trinajstić information content (AvgIpc) is 2.57. The first-order chi connectivity index (χ1) is 8.76. The van der Waals surface area contributed by atoms with E-state index in [0.29, 0.717) is 16.5 Å². The highest BCUT2D eigenvalue weighted by Crippen LogP contribution is 2.37. The maximum Gasteiger partial charge on any atom is 0.0547 e. The summed E-state index contributed by atoms with van der Waals surface area (Å²) in [5.74, 6) is 0. The van der Waals surface area contributed by atoms with E-state index in [1.807, 2.05) is 18.8 Å². The number of benzene rings is 1. The minimum absolute atomic E-state index is 0.263. The zero-order valence-electron chi connectivity index (χ0n) is 11.2. The van der Waals surface area contributed by atoms with Gasteiger partial charge in [-0.2, -0.15) is 11.8 Å². The topological polar surface area (TPSA) is 32.3 Å². The predicted molar refractivity (Wildman–Crippen MR) is 79.1 cm³/mol. The molecule has 0 saturated heterocycles. The number of nitrogens with one attached hydrogen (secondary N) is 1. The molecule has 3 unspecified atom stereocenters. The Morgan fingerprint density at radius 3 is 2.94 bits per heavy atom. The third kappa shape index (κ3) is 3.08. The molecule has 18 heavy (non-hydrogen) atoms. The Balaban J connectivity index is 2.22. The summed E-state index contributed by atoms with van der Waals surface area (Å²) in [5.41, 5.74) is 2.93. The Kier molecular flexibility index (Phi) is 5.10. The molecule has 1 aromatic carbocycles. The van der Waals surface area contributed by atoms with Gasteiger partial charge in [0, 0.05) is 16.5 Å². The first kappa shape index (κ1) is 13.9. The lowest BCUT2D eigenvalue weighted by Gasteiger charge is -2.27. The van der Waals surface area contributed by atoms with E-state index >= 15 is 0 Å². The molecule has 3 atom stereocenters. The summed E-state index contributed by atoms with van der Waals surface area (Å²) in [5, 5.41) is 13.6. The summed E-state index contributed by atoms with van der Waals surface area (Å²) in [6.07, 6.45) is 3.64. The molecule has 2 nitrogen and oxygen atoms in total. The van der Waals surface area contributed by atoms with E-state index in [9.17, 15) is 5.11 Å². The van der Waals surface area contributed by atoms with Gasteiger partial charge in [-0.1, -0.05) is 31.2 Å². The highest BCUT2D eigenvalue weighted by molar-refractivity contribution is 8.00. The van der Waals surface area contributed by atoms with Crippen molar-refractivity contribution in [3.63, 3.8) is 0 Å². The molecule has 0 radical (unpaired) electrons. The monoisotopic (exact) mass is 265 g/mol. The van der Waals surface area contributed by atoms with E-state index in [-0.39, 0.29) is 6.61 Å². The number of hydrogen-bond donors (Lipinski definition) is 2. The van der Waals surface area contributed by atoms with E-state index in [0.717, 1.165) is 0 Å². The van der Waals surface area contributed by atoms with Crippen LogP contribution in [0.5, 0.6) is 0 Å². The lowest BCUT2D eigenvalue weighted by atomic mass is 9.99. The van der Waals surface area contributed by atoms with Crippen molar-refractivity contribution in [3.05, 3.63) is 35.4 Å². The van der Waals surface area contributed by atoms with E-state index in [1.165, 1.54) is 30.4 Å². The molecule has 1 aliphatic carbocycles. The zero-order valence-corrected chi connectivity index (χ0v) is 12.0. The highest BCUT2D eigenvalue weighted by atomic mass is 32.2. The van der Waals surface area contributed by atoms with Crippen molar-refractivity contribution in [2.45, 2.75) is 42.7 Å². The normalized spacial score (nSPS) is 25.3. The van der Waals surface area contributed by atoms with Gasteiger partial charge in [0.2, 0.25) is 0 Å². The Hall–Kier alpha value is -0.510. The van der Waals surface area contributed by atoms with Gasteiger partial charge in [-0.25, -0.2) is 0 Å². The van der Waals surface area contributed by atoms with Gasteiger partial charge in [-0.15, -0.1) is 0 Å². The zero-order chi connectivity index (χ0) is 13.0. The van der Waals surface area contributed by atoms with Crippen LogP contribution in [0.1, 0.15) is 36.9 Å².